The first-order chi connectivity index (χ1) is 12.0. The number of primary amides is 1. The van der Waals surface area contributed by atoms with E-state index >= 15 is 0 Å². The Kier molecular flexibility index (Phi) is 5.03. The van der Waals surface area contributed by atoms with Crippen molar-refractivity contribution in [3.8, 4) is 5.75 Å². The van der Waals surface area contributed by atoms with Gasteiger partial charge in [0.25, 0.3) is 5.91 Å². The zero-order chi connectivity index (χ0) is 17.8. The van der Waals surface area contributed by atoms with Gasteiger partial charge in [0.2, 0.25) is 5.91 Å². The lowest BCUT2D eigenvalue weighted by Crippen LogP contribution is -2.33. The third-order valence-electron chi connectivity index (χ3n) is 4.33. The highest BCUT2D eigenvalue weighted by molar-refractivity contribution is 5.93. The Labute approximate surface area is 147 Å². The van der Waals surface area contributed by atoms with Gasteiger partial charge >= 0.3 is 0 Å². The van der Waals surface area contributed by atoms with Gasteiger partial charge in [-0.3, -0.25) is 9.59 Å². The molecule has 1 aliphatic rings. The molecule has 1 atom stereocenters. The molecule has 5 heteroatoms. The van der Waals surface area contributed by atoms with E-state index in [-0.39, 0.29) is 18.6 Å². The Morgan fingerprint density at radius 2 is 1.92 bits per heavy atom. The largest absolute Gasteiger partial charge is 0.484 e. The third kappa shape index (κ3) is 4.59. The van der Waals surface area contributed by atoms with E-state index in [4.69, 9.17) is 10.5 Å². The number of hydrogen-bond acceptors (Lipinski definition) is 3. The number of benzene rings is 2. The standard InChI is InChI=1S/C20H22N2O3/c1-13-5-7-14(8-6-13)19(15-9-10-15)22-18(23)12-25-17-4-2-3-16(11-17)20(21)24/h2-8,11,15,19H,9-10,12H2,1H3,(H2,21,24)(H,22,23)/t19-/m1/s1. The van der Waals surface area contributed by atoms with E-state index in [1.807, 2.05) is 6.92 Å². The lowest BCUT2D eigenvalue weighted by atomic mass is 10.0. The second-order valence-corrected chi connectivity index (χ2v) is 6.47. The SMILES string of the molecule is Cc1ccc([C@@H](NC(=O)COc2cccc(C(N)=O)c2)C2CC2)cc1. The Morgan fingerprint density at radius 1 is 1.20 bits per heavy atom. The topological polar surface area (TPSA) is 81.4 Å². The predicted molar refractivity (Wildman–Crippen MR) is 95.2 cm³/mol. The number of rotatable bonds is 7. The first kappa shape index (κ1) is 17.0. The molecule has 2 amide bonds. The van der Waals surface area contributed by atoms with Crippen molar-refractivity contribution in [1.29, 1.82) is 0 Å². The highest BCUT2D eigenvalue weighted by Crippen LogP contribution is 2.41. The maximum absolute atomic E-state index is 12.3. The van der Waals surface area contributed by atoms with Crippen molar-refractivity contribution in [1.82, 2.24) is 5.32 Å². The molecule has 1 aliphatic carbocycles. The number of hydrogen-bond donors (Lipinski definition) is 2. The molecule has 3 N–H and O–H groups in total. The number of carbonyl (C=O) groups excluding carboxylic acids is 2. The summed E-state index contributed by atoms with van der Waals surface area (Å²) in [5, 5.41) is 3.07. The number of aryl methyl sites for hydroxylation is 1. The van der Waals surface area contributed by atoms with Crippen molar-refractivity contribution < 1.29 is 14.3 Å². The van der Waals surface area contributed by atoms with Crippen LogP contribution in [0.1, 0.15) is 40.4 Å². The second kappa shape index (κ2) is 7.38. The van der Waals surface area contributed by atoms with Crippen LogP contribution in [0, 0.1) is 12.8 Å². The van der Waals surface area contributed by atoms with Gasteiger partial charge in [0.05, 0.1) is 6.04 Å². The highest BCUT2D eigenvalue weighted by atomic mass is 16.5. The van der Waals surface area contributed by atoms with Gasteiger partial charge in [-0.05, 0) is 49.4 Å². The fourth-order valence-corrected chi connectivity index (χ4v) is 2.78. The monoisotopic (exact) mass is 338 g/mol. The molecule has 0 heterocycles. The molecule has 2 aromatic rings. The quantitative estimate of drug-likeness (QED) is 0.814. The molecule has 1 saturated carbocycles. The second-order valence-electron chi connectivity index (χ2n) is 6.47. The summed E-state index contributed by atoms with van der Waals surface area (Å²) in [6.07, 6.45) is 2.25. The van der Waals surface area contributed by atoms with Crippen LogP contribution in [0.4, 0.5) is 0 Å². The average Bonchev–Trinajstić information content (AvgIpc) is 3.44. The number of ether oxygens (including phenoxy) is 1. The van der Waals surface area contributed by atoms with Crippen molar-refractivity contribution >= 4 is 11.8 Å². The van der Waals surface area contributed by atoms with E-state index in [2.05, 4.69) is 29.6 Å². The van der Waals surface area contributed by atoms with Crippen molar-refractivity contribution in [3.63, 3.8) is 0 Å². The van der Waals surface area contributed by atoms with Gasteiger partial charge in [0.1, 0.15) is 5.75 Å². The lowest BCUT2D eigenvalue weighted by Gasteiger charge is -2.19. The fraction of sp³-hybridized carbons (Fsp3) is 0.300. The maximum Gasteiger partial charge on any atom is 0.258 e. The molecule has 0 aromatic heterocycles. The molecule has 0 aliphatic heterocycles. The smallest absolute Gasteiger partial charge is 0.258 e. The molecule has 1 fully saturated rings. The number of nitrogens with one attached hydrogen (secondary N) is 1. The maximum atomic E-state index is 12.3. The van der Waals surface area contributed by atoms with Gasteiger partial charge < -0.3 is 15.8 Å². The van der Waals surface area contributed by atoms with Gasteiger partial charge in [-0.25, -0.2) is 0 Å². The van der Waals surface area contributed by atoms with E-state index in [0.29, 0.717) is 17.2 Å². The molecule has 0 unspecified atom stereocenters. The Hall–Kier alpha value is -2.82. The summed E-state index contributed by atoms with van der Waals surface area (Å²) in [4.78, 5) is 23.5. The molecule has 0 bridgehead atoms. The normalized spacial score (nSPS) is 14.6. The van der Waals surface area contributed by atoms with Crippen molar-refractivity contribution in [2.24, 2.45) is 11.7 Å². The lowest BCUT2D eigenvalue weighted by molar-refractivity contribution is -0.124. The van der Waals surface area contributed by atoms with Crippen molar-refractivity contribution in [2.45, 2.75) is 25.8 Å². The molecule has 130 valence electrons. The van der Waals surface area contributed by atoms with E-state index in [1.54, 1.807) is 18.2 Å². The summed E-state index contributed by atoms with van der Waals surface area (Å²) in [6.45, 7) is 1.94. The van der Waals surface area contributed by atoms with Gasteiger partial charge in [-0.15, -0.1) is 0 Å². The minimum absolute atomic E-state index is 0.0219. The minimum Gasteiger partial charge on any atom is -0.484 e. The van der Waals surface area contributed by atoms with Crippen LogP contribution in [0.2, 0.25) is 0 Å². The predicted octanol–water partition coefficient (Wildman–Crippen LogP) is 2.74. The number of carbonyl (C=O) groups is 2. The van der Waals surface area contributed by atoms with Gasteiger partial charge in [0.15, 0.2) is 6.61 Å². The summed E-state index contributed by atoms with van der Waals surface area (Å²) in [5.74, 6) is 0.236. The molecule has 0 saturated heterocycles. The van der Waals surface area contributed by atoms with Crippen LogP contribution in [-0.4, -0.2) is 18.4 Å². The summed E-state index contributed by atoms with van der Waals surface area (Å²) in [6, 6.07) is 14.8. The van der Waals surface area contributed by atoms with Crippen LogP contribution in [0.25, 0.3) is 0 Å². The Balaban J connectivity index is 1.60. The zero-order valence-electron chi connectivity index (χ0n) is 14.2. The van der Waals surface area contributed by atoms with Gasteiger partial charge in [0, 0.05) is 5.56 Å². The first-order valence-electron chi connectivity index (χ1n) is 8.41. The van der Waals surface area contributed by atoms with E-state index < -0.39 is 5.91 Å². The number of nitrogens with two attached hydrogens (primary N) is 1. The molecule has 0 spiro atoms. The van der Waals surface area contributed by atoms with Crippen LogP contribution in [0.3, 0.4) is 0 Å². The Bertz CT molecular complexity index is 767. The minimum atomic E-state index is -0.525. The van der Waals surface area contributed by atoms with E-state index in [9.17, 15) is 9.59 Å². The molecule has 2 aromatic carbocycles. The summed E-state index contributed by atoms with van der Waals surface area (Å²) in [5.41, 5.74) is 7.92. The Morgan fingerprint density at radius 3 is 2.56 bits per heavy atom. The molecule has 5 nitrogen and oxygen atoms in total. The third-order valence-corrected chi connectivity index (χ3v) is 4.33. The summed E-state index contributed by atoms with van der Waals surface area (Å²) < 4.78 is 5.49. The van der Waals surface area contributed by atoms with Crippen LogP contribution in [0.5, 0.6) is 5.75 Å². The van der Waals surface area contributed by atoms with E-state index in [1.165, 1.54) is 11.6 Å². The molecule has 0 radical (unpaired) electrons. The molecular formula is C20H22N2O3. The highest BCUT2D eigenvalue weighted by Gasteiger charge is 2.33. The first-order valence-corrected chi connectivity index (χ1v) is 8.41. The van der Waals surface area contributed by atoms with Crippen molar-refractivity contribution in [2.75, 3.05) is 6.61 Å². The van der Waals surface area contributed by atoms with Gasteiger partial charge in [-0.1, -0.05) is 35.9 Å². The van der Waals surface area contributed by atoms with Crippen LogP contribution in [-0.2, 0) is 4.79 Å². The molecular weight excluding hydrogens is 316 g/mol. The zero-order valence-corrected chi connectivity index (χ0v) is 14.2. The van der Waals surface area contributed by atoms with E-state index in [0.717, 1.165) is 18.4 Å². The van der Waals surface area contributed by atoms with Crippen LogP contribution >= 0.6 is 0 Å². The number of amides is 2. The van der Waals surface area contributed by atoms with Crippen LogP contribution in [0.15, 0.2) is 48.5 Å². The van der Waals surface area contributed by atoms with Crippen molar-refractivity contribution in [3.05, 3.63) is 65.2 Å². The summed E-state index contributed by atoms with van der Waals surface area (Å²) >= 11 is 0. The summed E-state index contributed by atoms with van der Waals surface area (Å²) in [7, 11) is 0. The van der Waals surface area contributed by atoms with Crippen LogP contribution < -0.4 is 15.8 Å². The van der Waals surface area contributed by atoms with Gasteiger partial charge in [-0.2, -0.15) is 0 Å². The molecule has 3 rings (SSSR count). The molecule has 25 heavy (non-hydrogen) atoms. The average molecular weight is 338 g/mol. The fourth-order valence-electron chi connectivity index (χ4n) is 2.78.